The average Bonchev–Trinajstić information content (AvgIpc) is 3.16. The molecule has 0 aromatic carbocycles. The molecule has 12 heteroatoms. The Bertz CT molecular complexity index is 837. The molecule has 2 aliphatic rings. The summed E-state index contributed by atoms with van der Waals surface area (Å²) in [5.74, 6) is -0.277. The van der Waals surface area contributed by atoms with E-state index in [2.05, 4.69) is 0 Å². The van der Waals surface area contributed by atoms with Gasteiger partial charge < -0.3 is 4.90 Å². The Kier molecular flexibility index (Phi) is 5.70. The first kappa shape index (κ1) is 19.7. The number of piperidine rings is 1. The van der Waals surface area contributed by atoms with Crippen molar-refractivity contribution in [2.24, 2.45) is 11.1 Å². The lowest BCUT2D eigenvalue weighted by Crippen LogP contribution is -2.53. The number of hydrogen-bond donors (Lipinski definition) is 1. The molecule has 0 radical (unpaired) electrons. The highest BCUT2D eigenvalue weighted by molar-refractivity contribution is 7.91. The van der Waals surface area contributed by atoms with Gasteiger partial charge in [0, 0.05) is 45.2 Å². The molecule has 0 spiro atoms. The number of carbonyl (C=O) groups excluding carboxylic acids is 1. The first-order chi connectivity index (χ1) is 12.2. The fourth-order valence-electron chi connectivity index (χ4n) is 3.30. The Hall–Kier alpha value is -1.05. The van der Waals surface area contributed by atoms with Gasteiger partial charge in [0.2, 0.25) is 5.91 Å². The number of thiophene rings is 1. The molecule has 0 atom stereocenters. The van der Waals surface area contributed by atoms with Crippen molar-refractivity contribution in [2.45, 2.75) is 17.1 Å². The molecule has 2 saturated heterocycles. The summed E-state index contributed by atoms with van der Waals surface area (Å²) in [4.78, 5) is 14.3. The fourth-order valence-corrected chi connectivity index (χ4v) is 6.59. The molecule has 0 unspecified atom stereocenters. The molecular formula is C14H22N4O5S3. The zero-order valence-corrected chi connectivity index (χ0v) is 16.6. The average molecular weight is 423 g/mol. The van der Waals surface area contributed by atoms with Crippen molar-refractivity contribution in [3.05, 3.63) is 17.5 Å². The Morgan fingerprint density at radius 3 is 2.12 bits per heavy atom. The number of sulfonamides is 1. The summed E-state index contributed by atoms with van der Waals surface area (Å²) in [6, 6.07) is 3.28. The lowest BCUT2D eigenvalue weighted by molar-refractivity contribution is -0.137. The van der Waals surface area contributed by atoms with Crippen LogP contribution in [0.4, 0.5) is 0 Å². The highest BCUT2D eigenvalue weighted by atomic mass is 32.2. The van der Waals surface area contributed by atoms with Gasteiger partial charge in [0.15, 0.2) is 0 Å². The Labute approximate surface area is 157 Å². The van der Waals surface area contributed by atoms with Crippen LogP contribution in [0.1, 0.15) is 12.8 Å². The largest absolute Gasteiger partial charge is 0.340 e. The number of hydrogen-bond acceptors (Lipinski definition) is 6. The quantitative estimate of drug-likeness (QED) is 0.701. The Balaban J connectivity index is 1.55. The molecule has 2 N–H and O–H groups in total. The number of piperazine rings is 1. The van der Waals surface area contributed by atoms with E-state index in [4.69, 9.17) is 5.14 Å². The van der Waals surface area contributed by atoms with Crippen molar-refractivity contribution >= 4 is 37.5 Å². The highest BCUT2D eigenvalue weighted by Crippen LogP contribution is 2.24. The Morgan fingerprint density at radius 2 is 1.62 bits per heavy atom. The monoisotopic (exact) mass is 422 g/mol. The zero-order chi connectivity index (χ0) is 18.9. The number of carbonyl (C=O) groups is 1. The van der Waals surface area contributed by atoms with E-state index in [1.807, 2.05) is 0 Å². The van der Waals surface area contributed by atoms with Crippen LogP contribution in [0.25, 0.3) is 0 Å². The molecular weight excluding hydrogens is 400 g/mol. The molecule has 3 heterocycles. The van der Waals surface area contributed by atoms with E-state index in [9.17, 15) is 21.6 Å². The lowest BCUT2D eigenvalue weighted by Gasteiger charge is -2.37. The van der Waals surface area contributed by atoms with Crippen LogP contribution in [0.2, 0.25) is 0 Å². The predicted molar refractivity (Wildman–Crippen MR) is 97.1 cm³/mol. The van der Waals surface area contributed by atoms with Crippen molar-refractivity contribution in [1.29, 1.82) is 0 Å². The summed E-state index contributed by atoms with van der Waals surface area (Å²) in [6.45, 7) is 1.70. The minimum atomic E-state index is -3.71. The number of nitrogens with two attached hydrogens (primary N) is 1. The van der Waals surface area contributed by atoms with Crippen LogP contribution >= 0.6 is 11.3 Å². The molecule has 1 aromatic rings. The highest BCUT2D eigenvalue weighted by Gasteiger charge is 2.35. The summed E-state index contributed by atoms with van der Waals surface area (Å²) in [7, 11) is -7.20. The summed E-state index contributed by atoms with van der Waals surface area (Å²) >= 11 is 1.18. The molecule has 3 rings (SSSR count). The molecule has 9 nitrogen and oxygen atoms in total. The third kappa shape index (κ3) is 4.10. The first-order valence-corrected chi connectivity index (χ1v) is 12.1. The second-order valence-corrected chi connectivity index (χ2v) is 11.0. The first-order valence-electron chi connectivity index (χ1n) is 8.30. The van der Waals surface area contributed by atoms with Gasteiger partial charge in [-0.25, -0.2) is 13.6 Å². The van der Waals surface area contributed by atoms with Gasteiger partial charge in [0.25, 0.3) is 20.2 Å². The topological polar surface area (TPSA) is 121 Å². The predicted octanol–water partition coefficient (Wildman–Crippen LogP) is -0.503. The molecule has 2 fully saturated rings. The van der Waals surface area contributed by atoms with Crippen LogP contribution in [0.3, 0.4) is 0 Å². The minimum absolute atomic E-state index is 0.0350. The van der Waals surface area contributed by atoms with E-state index in [-0.39, 0.29) is 38.0 Å². The number of nitrogens with zero attached hydrogens (tertiary/aromatic N) is 3. The van der Waals surface area contributed by atoms with E-state index in [0.29, 0.717) is 30.1 Å². The zero-order valence-electron chi connectivity index (χ0n) is 14.2. The van der Waals surface area contributed by atoms with Crippen molar-refractivity contribution < 1.29 is 21.6 Å². The van der Waals surface area contributed by atoms with Gasteiger partial charge in [-0.3, -0.25) is 4.79 Å². The van der Waals surface area contributed by atoms with Crippen LogP contribution in [0.5, 0.6) is 0 Å². The van der Waals surface area contributed by atoms with Crippen LogP contribution < -0.4 is 5.14 Å². The van der Waals surface area contributed by atoms with E-state index in [0.717, 1.165) is 0 Å². The second kappa shape index (κ2) is 7.52. The van der Waals surface area contributed by atoms with Gasteiger partial charge in [-0.1, -0.05) is 6.07 Å². The van der Waals surface area contributed by atoms with Gasteiger partial charge in [-0.05, 0) is 24.3 Å². The number of rotatable bonds is 4. The molecule has 146 valence electrons. The van der Waals surface area contributed by atoms with Crippen molar-refractivity contribution in [3.63, 3.8) is 0 Å². The van der Waals surface area contributed by atoms with Gasteiger partial charge in [-0.15, -0.1) is 11.3 Å². The third-order valence-corrected chi connectivity index (χ3v) is 9.16. The van der Waals surface area contributed by atoms with Crippen molar-refractivity contribution in [2.75, 3.05) is 39.3 Å². The van der Waals surface area contributed by atoms with Gasteiger partial charge in [-0.2, -0.15) is 17.0 Å². The van der Waals surface area contributed by atoms with E-state index in [1.165, 1.54) is 19.9 Å². The molecule has 1 aromatic heterocycles. The lowest BCUT2D eigenvalue weighted by atomic mass is 9.96. The van der Waals surface area contributed by atoms with Crippen LogP contribution in [-0.4, -0.2) is 75.5 Å². The van der Waals surface area contributed by atoms with E-state index in [1.54, 1.807) is 22.4 Å². The van der Waals surface area contributed by atoms with Gasteiger partial charge in [0.1, 0.15) is 4.21 Å². The molecule has 2 aliphatic heterocycles. The maximum Gasteiger partial charge on any atom is 0.276 e. The SMILES string of the molecule is NS(=O)(=O)N1CCC(C(=O)N2CCN(S(=O)(=O)c3cccs3)CC2)CC1. The van der Waals surface area contributed by atoms with Crippen LogP contribution in [-0.2, 0) is 25.0 Å². The maximum absolute atomic E-state index is 12.7. The van der Waals surface area contributed by atoms with Crippen LogP contribution in [0.15, 0.2) is 21.7 Å². The number of amides is 1. The molecule has 0 saturated carbocycles. The standard InChI is InChI=1S/C14H22N4O5S3/c15-26(22,23)18-5-3-12(4-6-18)14(19)16-7-9-17(10-8-16)25(20,21)13-2-1-11-24-13/h1-2,11-12H,3-10H2,(H2,15,22,23). The van der Waals surface area contributed by atoms with Crippen molar-refractivity contribution in [1.82, 2.24) is 13.5 Å². The minimum Gasteiger partial charge on any atom is -0.340 e. The maximum atomic E-state index is 12.7. The smallest absolute Gasteiger partial charge is 0.276 e. The van der Waals surface area contributed by atoms with Crippen LogP contribution in [0, 0.1) is 5.92 Å². The van der Waals surface area contributed by atoms with E-state index >= 15 is 0 Å². The third-order valence-electron chi connectivity index (χ3n) is 4.80. The summed E-state index contributed by atoms with van der Waals surface area (Å²) in [5, 5.41) is 6.83. The molecule has 0 aliphatic carbocycles. The second-order valence-electron chi connectivity index (χ2n) is 6.38. The van der Waals surface area contributed by atoms with E-state index < -0.39 is 20.2 Å². The molecule has 0 bridgehead atoms. The van der Waals surface area contributed by atoms with Gasteiger partial charge >= 0.3 is 0 Å². The summed E-state index contributed by atoms with van der Waals surface area (Å²) in [6.07, 6.45) is 0.867. The van der Waals surface area contributed by atoms with Crippen molar-refractivity contribution in [3.8, 4) is 0 Å². The summed E-state index contributed by atoms with van der Waals surface area (Å²) < 4.78 is 50.6. The van der Waals surface area contributed by atoms with Gasteiger partial charge in [0.05, 0.1) is 0 Å². The normalized spacial score (nSPS) is 21.8. The summed E-state index contributed by atoms with van der Waals surface area (Å²) in [5.41, 5.74) is 0. The Morgan fingerprint density at radius 1 is 1.00 bits per heavy atom. The molecule has 26 heavy (non-hydrogen) atoms. The molecule has 1 amide bonds. The fraction of sp³-hybridized carbons (Fsp3) is 0.643.